The van der Waals surface area contributed by atoms with Crippen LogP contribution in [0.25, 0.3) is 0 Å². The molecule has 1 aromatic carbocycles. The average Bonchev–Trinajstić information content (AvgIpc) is 2.99. The number of rotatable bonds is 5. The van der Waals surface area contributed by atoms with Crippen molar-refractivity contribution in [1.29, 1.82) is 0 Å². The van der Waals surface area contributed by atoms with Crippen molar-refractivity contribution in [2.45, 2.75) is 31.7 Å². The van der Waals surface area contributed by atoms with Crippen molar-refractivity contribution in [3.63, 3.8) is 0 Å². The lowest BCUT2D eigenvalue weighted by Gasteiger charge is -2.29. The van der Waals surface area contributed by atoms with Crippen LogP contribution in [0.4, 0.5) is 17.6 Å². The fraction of sp³-hybridized carbons (Fsp3) is 0.500. The molecule has 0 bridgehead atoms. The largest absolute Gasteiger partial charge is 0.434 e. The first kappa shape index (κ1) is 18.8. The Morgan fingerprint density at radius 2 is 2.00 bits per heavy atom. The summed E-state index contributed by atoms with van der Waals surface area (Å²) in [5.74, 6) is 0.302. The molecule has 0 unspecified atom stereocenters. The maximum Gasteiger partial charge on any atom is 0.434 e. The minimum Gasteiger partial charge on any atom is -0.387 e. The van der Waals surface area contributed by atoms with Gasteiger partial charge in [0, 0.05) is 32.3 Å². The normalized spacial score (nSPS) is 18.8. The van der Waals surface area contributed by atoms with Gasteiger partial charge in [0.2, 0.25) is 0 Å². The number of aliphatic hydroxyl groups excluding tert-OH is 1. The fourth-order valence-electron chi connectivity index (χ4n) is 3.40. The number of aryl methyl sites for hydroxylation is 1. The Bertz CT molecular complexity index is 742. The molecule has 2 heterocycles. The highest BCUT2D eigenvalue weighted by atomic mass is 19.4. The standard InChI is InChI=1S/C18H21F4N3O/c1-24(10-15(26)13-3-5-14(19)6-4-13)8-12-2-7-17-23-16(18(20,21)22)11-25(17)9-12/h3-6,11-12,15,26H,2,7-10H2,1H3/t12-,15+/m1/s1. The quantitative estimate of drug-likeness (QED) is 0.821. The number of benzene rings is 1. The molecule has 1 aliphatic heterocycles. The van der Waals surface area contributed by atoms with Gasteiger partial charge in [0.1, 0.15) is 11.6 Å². The van der Waals surface area contributed by atoms with Gasteiger partial charge < -0.3 is 14.6 Å². The maximum atomic E-state index is 12.9. The van der Waals surface area contributed by atoms with Crippen molar-refractivity contribution in [3.8, 4) is 0 Å². The Balaban J connectivity index is 1.56. The van der Waals surface area contributed by atoms with Crippen LogP contribution in [0.3, 0.4) is 0 Å². The molecule has 1 aliphatic rings. The van der Waals surface area contributed by atoms with E-state index in [-0.39, 0.29) is 11.7 Å². The van der Waals surface area contributed by atoms with Crippen molar-refractivity contribution in [2.24, 2.45) is 5.92 Å². The first-order chi connectivity index (χ1) is 12.2. The Morgan fingerprint density at radius 1 is 1.31 bits per heavy atom. The van der Waals surface area contributed by atoms with Crippen LogP contribution in [0.2, 0.25) is 0 Å². The molecular weight excluding hydrogens is 350 g/mol. The molecule has 0 fully saturated rings. The van der Waals surface area contributed by atoms with Gasteiger partial charge in [-0.25, -0.2) is 9.37 Å². The highest BCUT2D eigenvalue weighted by molar-refractivity contribution is 5.18. The zero-order chi connectivity index (χ0) is 18.9. The first-order valence-corrected chi connectivity index (χ1v) is 8.47. The lowest BCUT2D eigenvalue weighted by molar-refractivity contribution is -0.141. The molecule has 142 valence electrons. The zero-order valence-corrected chi connectivity index (χ0v) is 14.4. The summed E-state index contributed by atoms with van der Waals surface area (Å²) in [7, 11) is 1.86. The number of imidazole rings is 1. The Kier molecular flexibility index (Phi) is 5.34. The molecule has 1 N–H and O–H groups in total. The zero-order valence-electron chi connectivity index (χ0n) is 14.4. The number of nitrogens with zero attached hydrogens (tertiary/aromatic N) is 3. The van der Waals surface area contributed by atoms with Crippen LogP contribution in [0.15, 0.2) is 30.5 Å². The molecule has 0 spiro atoms. The van der Waals surface area contributed by atoms with E-state index in [4.69, 9.17) is 0 Å². The third kappa shape index (κ3) is 4.42. The summed E-state index contributed by atoms with van der Waals surface area (Å²) in [5, 5.41) is 10.3. The van der Waals surface area contributed by atoms with Crippen LogP contribution in [-0.2, 0) is 19.1 Å². The lowest BCUT2D eigenvalue weighted by Crippen LogP contribution is -2.33. The molecule has 0 saturated carbocycles. The molecule has 8 heteroatoms. The Morgan fingerprint density at radius 3 is 2.65 bits per heavy atom. The van der Waals surface area contributed by atoms with Crippen LogP contribution >= 0.6 is 0 Å². The van der Waals surface area contributed by atoms with Gasteiger partial charge in [-0.2, -0.15) is 13.2 Å². The van der Waals surface area contributed by atoms with Gasteiger partial charge in [-0.15, -0.1) is 0 Å². The number of hydrogen-bond donors (Lipinski definition) is 1. The van der Waals surface area contributed by atoms with Crippen molar-refractivity contribution in [3.05, 3.63) is 53.4 Å². The summed E-state index contributed by atoms with van der Waals surface area (Å²) in [6.07, 6.45) is -2.82. The SMILES string of the molecule is CN(C[C@H]1CCc2nc(C(F)(F)F)cn2C1)C[C@H](O)c1ccc(F)cc1. The van der Waals surface area contributed by atoms with Crippen LogP contribution in [-0.4, -0.2) is 39.7 Å². The Hall–Kier alpha value is -1.93. The van der Waals surface area contributed by atoms with Crippen LogP contribution < -0.4 is 0 Å². The van der Waals surface area contributed by atoms with Gasteiger partial charge >= 0.3 is 6.18 Å². The van der Waals surface area contributed by atoms with E-state index in [2.05, 4.69) is 4.98 Å². The van der Waals surface area contributed by atoms with E-state index in [1.165, 1.54) is 12.1 Å². The molecule has 0 amide bonds. The molecule has 2 aromatic rings. The van der Waals surface area contributed by atoms with E-state index in [0.29, 0.717) is 37.4 Å². The predicted molar refractivity (Wildman–Crippen MR) is 87.9 cm³/mol. The fourth-order valence-corrected chi connectivity index (χ4v) is 3.40. The molecule has 26 heavy (non-hydrogen) atoms. The second-order valence-corrected chi connectivity index (χ2v) is 6.89. The summed E-state index contributed by atoms with van der Waals surface area (Å²) >= 11 is 0. The van der Waals surface area contributed by atoms with Crippen LogP contribution in [0.5, 0.6) is 0 Å². The summed E-state index contributed by atoms with van der Waals surface area (Å²) in [5.41, 5.74) is -0.207. The minimum atomic E-state index is -4.42. The molecular formula is C18H21F4N3O. The van der Waals surface area contributed by atoms with Crippen molar-refractivity contribution in [2.75, 3.05) is 20.1 Å². The molecule has 2 atom stereocenters. The van der Waals surface area contributed by atoms with E-state index in [1.807, 2.05) is 11.9 Å². The summed E-state index contributed by atoms with van der Waals surface area (Å²) in [4.78, 5) is 5.63. The molecule has 4 nitrogen and oxygen atoms in total. The number of likely N-dealkylation sites (N-methyl/N-ethyl adjacent to an activating group) is 1. The predicted octanol–water partition coefficient (Wildman–Crippen LogP) is 3.27. The number of halogens is 4. The maximum absolute atomic E-state index is 12.9. The van der Waals surface area contributed by atoms with E-state index in [9.17, 15) is 22.7 Å². The molecule has 0 aliphatic carbocycles. The number of aromatic nitrogens is 2. The van der Waals surface area contributed by atoms with Gasteiger partial charge in [0.05, 0.1) is 6.10 Å². The van der Waals surface area contributed by atoms with E-state index in [1.54, 1.807) is 16.7 Å². The second-order valence-electron chi connectivity index (χ2n) is 6.89. The van der Waals surface area contributed by atoms with Crippen LogP contribution in [0.1, 0.15) is 29.6 Å². The minimum absolute atomic E-state index is 0.184. The first-order valence-electron chi connectivity index (χ1n) is 8.47. The summed E-state index contributed by atoms with van der Waals surface area (Å²) < 4.78 is 52.9. The van der Waals surface area contributed by atoms with Crippen molar-refractivity contribution >= 4 is 0 Å². The van der Waals surface area contributed by atoms with E-state index < -0.39 is 18.0 Å². The second kappa shape index (κ2) is 7.36. The third-order valence-corrected chi connectivity index (χ3v) is 4.69. The van der Waals surface area contributed by atoms with Gasteiger partial charge in [-0.1, -0.05) is 12.1 Å². The van der Waals surface area contributed by atoms with Gasteiger partial charge in [0.25, 0.3) is 0 Å². The summed E-state index contributed by atoms with van der Waals surface area (Å²) in [6.45, 7) is 1.50. The Labute approximate surface area is 149 Å². The number of alkyl halides is 3. The smallest absolute Gasteiger partial charge is 0.387 e. The van der Waals surface area contributed by atoms with Crippen LogP contribution in [0, 0.1) is 11.7 Å². The summed E-state index contributed by atoms with van der Waals surface area (Å²) in [6, 6.07) is 5.70. The molecule has 0 saturated heterocycles. The molecule has 0 radical (unpaired) electrons. The monoisotopic (exact) mass is 371 g/mol. The van der Waals surface area contributed by atoms with Crippen molar-refractivity contribution in [1.82, 2.24) is 14.5 Å². The topological polar surface area (TPSA) is 41.3 Å². The molecule has 1 aromatic heterocycles. The highest BCUT2D eigenvalue weighted by Crippen LogP contribution is 2.31. The molecule has 3 rings (SSSR count). The van der Waals surface area contributed by atoms with Gasteiger partial charge in [-0.05, 0) is 37.1 Å². The number of aliphatic hydroxyl groups is 1. The van der Waals surface area contributed by atoms with Gasteiger partial charge in [-0.3, -0.25) is 0 Å². The third-order valence-electron chi connectivity index (χ3n) is 4.69. The average molecular weight is 371 g/mol. The van der Waals surface area contributed by atoms with E-state index >= 15 is 0 Å². The van der Waals surface area contributed by atoms with Gasteiger partial charge in [0.15, 0.2) is 5.69 Å². The van der Waals surface area contributed by atoms with Crippen molar-refractivity contribution < 1.29 is 22.7 Å². The number of fused-ring (bicyclic) bond motifs is 1. The highest BCUT2D eigenvalue weighted by Gasteiger charge is 2.35. The lowest BCUT2D eigenvalue weighted by atomic mass is 9.98. The van der Waals surface area contributed by atoms with E-state index in [0.717, 1.165) is 12.6 Å². The number of hydrogen-bond acceptors (Lipinski definition) is 3.